The van der Waals surface area contributed by atoms with E-state index in [9.17, 15) is 27.9 Å². The molecule has 0 saturated carbocycles. The second-order valence-corrected chi connectivity index (χ2v) is 10.6. The van der Waals surface area contributed by atoms with Crippen molar-refractivity contribution >= 4 is 48.3 Å². The zero-order valence-corrected chi connectivity index (χ0v) is 20.1. The molecular formula is C16H23F3N5O7PS2. The fourth-order valence-corrected chi connectivity index (χ4v) is 5.12. The van der Waals surface area contributed by atoms with Crippen molar-refractivity contribution < 1.29 is 47.0 Å². The van der Waals surface area contributed by atoms with Crippen LogP contribution in [0.1, 0.15) is 12.8 Å². The number of nitrogens with zero attached hydrogens (tertiary/aromatic N) is 4. The molecule has 2 aromatic heterocycles. The minimum Gasteiger partial charge on any atom is -0.387 e. The number of ether oxygens (including phenoxy) is 1. The van der Waals surface area contributed by atoms with Gasteiger partial charge in [-0.15, -0.1) is 0 Å². The van der Waals surface area contributed by atoms with Gasteiger partial charge < -0.3 is 30.5 Å². The summed E-state index contributed by atoms with van der Waals surface area (Å²) in [5.74, 6) is -0.0315. The van der Waals surface area contributed by atoms with E-state index >= 15 is 0 Å². The number of alkyl halides is 3. The molecule has 0 amide bonds. The van der Waals surface area contributed by atoms with Gasteiger partial charge in [0, 0.05) is 12.2 Å². The third-order valence-electron chi connectivity index (χ3n) is 5.02. The number of imidazole rings is 1. The zero-order valence-electron chi connectivity index (χ0n) is 17.6. The highest BCUT2D eigenvalue weighted by molar-refractivity contribution is 7.99. The fraction of sp³-hybridized carbons (Fsp3) is 0.688. The second-order valence-electron chi connectivity index (χ2n) is 7.36. The number of aliphatic hydroxyl groups is 2. The highest BCUT2D eigenvalue weighted by atomic mass is 32.2. The average molecular weight is 549 g/mol. The topological polar surface area (TPSA) is 186 Å². The van der Waals surface area contributed by atoms with Crippen molar-refractivity contribution in [3.63, 3.8) is 0 Å². The number of phosphoric acid groups is 1. The molecule has 1 saturated heterocycles. The minimum atomic E-state index is -4.88. The van der Waals surface area contributed by atoms with E-state index in [2.05, 4.69) is 19.5 Å². The molecule has 0 spiro atoms. The van der Waals surface area contributed by atoms with Crippen LogP contribution in [0.25, 0.3) is 11.2 Å². The van der Waals surface area contributed by atoms with Crippen LogP contribution in [0.3, 0.4) is 0 Å². The van der Waals surface area contributed by atoms with Gasteiger partial charge in [-0.25, -0.2) is 19.5 Å². The summed E-state index contributed by atoms with van der Waals surface area (Å²) in [7, 11) is -4.88. The van der Waals surface area contributed by atoms with Crippen LogP contribution in [-0.4, -0.2) is 88.4 Å². The van der Waals surface area contributed by atoms with Crippen molar-refractivity contribution in [1.82, 2.24) is 19.5 Å². The number of fused-ring (bicyclic) bond motifs is 1. The summed E-state index contributed by atoms with van der Waals surface area (Å²) in [5, 5.41) is 21.4. The lowest BCUT2D eigenvalue weighted by atomic mass is 10.00. The normalized spacial score (nSPS) is 25.9. The van der Waals surface area contributed by atoms with E-state index in [1.165, 1.54) is 22.7 Å². The Hall–Kier alpha value is -1.17. The summed E-state index contributed by atoms with van der Waals surface area (Å²) in [6.07, 6.45) is -6.79. The zero-order chi connectivity index (χ0) is 25.3. The van der Waals surface area contributed by atoms with Gasteiger partial charge in [0.15, 0.2) is 22.3 Å². The number of rotatable bonds is 10. The number of hydrogen-bond acceptors (Lipinski definition) is 11. The van der Waals surface area contributed by atoms with Gasteiger partial charge in [-0.1, -0.05) is 11.8 Å². The molecule has 18 heteroatoms. The van der Waals surface area contributed by atoms with Crippen molar-refractivity contribution in [2.75, 3.05) is 30.1 Å². The largest absolute Gasteiger partial charge is 0.469 e. The lowest BCUT2D eigenvalue weighted by Gasteiger charge is -2.33. The smallest absolute Gasteiger partial charge is 0.387 e. The van der Waals surface area contributed by atoms with Crippen LogP contribution < -0.4 is 5.73 Å². The Kier molecular flexibility index (Phi) is 8.42. The van der Waals surface area contributed by atoms with E-state index in [0.29, 0.717) is 5.75 Å². The average Bonchev–Trinajstić information content (AvgIpc) is 3.25. The Morgan fingerprint density at radius 2 is 2.03 bits per heavy atom. The number of aromatic nitrogens is 4. The molecule has 2 aromatic rings. The van der Waals surface area contributed by atoms with E-state index in [-0.39, 0.29) is 34.3 Å². The molecular weight excluding hydrogens is 526 g/mol. The van der Waals surface area contributed by atoms with E-state index < -0.39 is 51.1 Å². The maximum Gasteiger partial charge on any atom is 0.469 e. The van der Waals surface area contributed by atoms with Gasteiger partial charge in [-0.05, 0) is 12.0 Å². The minimum absolute atomic E-state index is 0.0471. The lowest BCUT2D eigenvalue weighted by molar-refractivity contribution is -0.146. The molecule has 3 rings (SSSR count). The highest BCUT2D eigenvalue weighted by Gasteiger charge is 2.56. The summed E-state index contributed by atoms with van der Waals surface area (Å²) in [6.45, 7) is -0.716. The molecule has 0 bridgehead atoms. The van der Waals surface area contributed by atoms with Gasteiger partial charge in [-0.3, -0.25) is 9.09 Å². The SMILES string of the molecule is CSCC[C@@]1(n2cnc3c(N)nc(SCCC(F)(F)F)nc32)O[C@H](COP(=O)(O)O)[C@@H](O)[C@H]1O. The number of nitrogen functional groups attached to an aromatic ring is 1. The standard InChI is InChI=1S/C16H23F3N5O7PS2/c1-33-4-2-15(11(26)10(25)8(31-15)6-30-32(27,28)29)24-7-21-9-12(20)22-14(23-13(9)24)34-5-3-16(17,18)19/h7-8,10-11,25-26H,2-6H2,1H3,(H2,20,22,23)(H2,27,28,29)/t8-,10-,11-,15-/m1/s1. The molecule has 4 atom stereocenters. The van der Waals surface area contributed by atoms with Crippen molar-refractivity contribution in [2.45, 2.75) is 48.2 Å². The van der Waals surface area contributed by atoms with Crippen LogP contribution in [0.5, 0.6) is 0 Å². The monoisotopic (exact) mass is 549 g/mol. The number of thioether (sulfide) groups is 2. The van der Waals surface area contributed by atoms with Gasteiger partial charge in [0.25, 0.3) is 0 Å². The van der Waals surface area contributed by atoms with Crippen molar-refractivity contribution in [3.05, 3.63) is 6.33 Å². The van der Waals surface area contributed by atoms with Gasteiger partial charge in [0.2, 0.25) is 0 Å². The molecule has 3 heterocycles. The number of halogens is 3. The number of aliphatic hydroxyl groups excluding tert-OH is 2. The van der Waals surface area contributed by atoms with Crippen molar-refractivity contribution in [1.29, 1.82) is 0 Å². The predicted octanol–water partition coefficient (Wildman–Crippen LogP) is 1.09. The van der Waals surface area contributed by atoms with Gasteiger partial charge in [-0.2, -0.15) is 24.9 Å². The number of hydrogen-bond donors (Lipinski definition) is 5. The quantitative estimate of drug-likeness (QED) is 0.161. The van der Waals surface area contributed by atoms with E-state index in [1.807, 2.05) is 0 Å². The summed E-state index contributed by atoms with van der Waals surface area (Å²) in [5.41, 5.74) is 4.39. The molecule has 1 fully saturated rings. The van der Waals surface area contributed by atoms with Gasteiger partial charge in [0.1, 0.15) is 23.8 Å². The molecule has 34 heavy (non-hydrogen) atoms. The molecule has 1 aliphatic heterocycles. The van der Waals surface area contributed by atoms with E-state index in [0.717, 1.165) is 11.8 Å². The van der Waals surface area contributed by atoms with Gasteiger partial charge >= 0.3 is 14.0 Å². The Balaban J connectivity index is 1.99. The van der Waals surface area contributed by atoms with Crippen molar-refractivity contribution in [3.8, 4) is 0 Å². The maximum absolute atomic E-state index is 12.5. The van der Waals surface area contributed by atoms with Crippen LogP contribution in [0, 0.1) is 0 Å². The molecule has 0 radical (unpaired) electrons. The molecule has 192 valence electrons. The van der Waals surface area contributed by atoms with Crippen LogP contribution in [0.15, 0.2) is 11.5 Å². The number of anilines is 1. The first-order chi connectivity index (χ1) is 15.8. The lowest BCUT2D eigenvalue weighted by Crippen LogP contribution is -2.46. The van der Waals surface area contributed by atoms with Crippen LogP contribution >= 0.6 is 31.3 Å². The van der Waals surface area contributed by atoms with E-state index in [1.54, 1.807) is 6.26 Å². The van der Waals surface area contributed by atoms with Crippen molar-refractivity contribution in [2.24, 2.45) is 0 Å². The molecule has 1 aliphatic rings. The van der Waals surface area contributed by atoms with E-state index in [4.69, 9.17) is 20.3 Å². The predicted molar refractivity (Wildman–Crippen MR) is 117 cm³/mol. The first kappa shape index (κ1) is 27.4. The second kappa shape index (κ2) is 10.4. The Morgan fingerprint density at radius 3 is 2.65 bits per heavy atom. The Labute approximate surface area is 199 Å². The molecule has 6 N–H and O–H groups in total. The van der Waals surface area contributed by atoms with Gasteiger partial charge in [0.05, 0.1) is 19.4 Å². The van der Waals surface area contributed by atoms with Crippen LogP contribution in [0.2, 0.25) is 0 Å². The molecule has 0 aromatic carbocycles. The summed E-state index contributed by atoms with van der Waals surface area (Å²) in [6, 6.07) is 0. The Morgan fingerprint density at radius 1 is 1.32 bits per heavy atom. The summed E-state index contributed by atoms with van der Waals surface area (Å²) >= 11 is 2.13. The first-order valence-electron chi connectivity index (χ1n) is 9.71. The molecule has 0 aliphatic carbocycles. The fourth-order valence-electron chi connectivity index (χ4n) is 3.45. The third-order valence-corrected chi connectivity index (χ3v) is 6.97. The third kappa shape index (κ3) is 6.14. The highest BCUT2D eigenvalue weighted by Crippen LogP contribution is 2.43. The Bertz CT molecular complexity index is 1060. The first-order valence-corrected chi connectivity index (χ1v) is 13.6. The summed E-state index contributed by atoms with van der Waals surface area (Å²) < 4.78 is 60.3. The number of nitrogens with two attached hydrogens (primary N) is 1. The molecule has 12 nitrogen and oxygen atoms in total. The summed E-state index contributed by atoms with van der Waals surface area (Å²) in [4.78, 5) is 30.3. The maximum atomic E-state index is 12.5. The van der Waals surface area contributed by atoms with Crippen LogP contribution in [-0.2, 0) is 19.6 Å². The molecule has 0 unspecified atom stereocenters. The van der Waals surface area contributed by atoms with Crippen LogP contribution in [0.4, 0.5) is 19.0 Å². The number of phosphoric ester groups is 1.